The molecule has 1 fully saturated rings. The van der Waals surface area contributed by atoms with Crippen molar-refractivity contribution in [1.29, 1.82) is 0 Å². The Kier molecular flexibility index (Phi) is 3.27. The van der Waals surface area contributed by atoms with E-state index in [0.29, 0.717) is 32.0 Å². The number of fused-ring (bicyclic) bond motifs is 3. The van der Waals surface area contributed by atoms with Gasteiger partial charge in [0.05, 0.1) is 11.3 Å². The topological polar surface area (TPSA) is 48.5 Å². The van der Waals surface area contributed by atoms with Gasteiger partial charge in [-0.25, -0.2) is 4.98 Å². The van der Waals surface area contributed by atoms with Crippen LogP contribution in [-0.4, -0.2) is 43.1 Å². The van der Waals surface area contributed by atoms with Crippen LogP contribution in [0.2, 0.25) is 0 Å². The second-order valence-electron chi connectivity index (χ2n) is 5.06. The van der Waals surface area contributed by atoms with Gasteiger partial charge in [0.2, 0.25) is 0 Å². The molecule has 2 aliphatic heterocycles. The van der Waals surface area contributed by atoms with Crippen molar-refractivity contribution < 1.29 is 18.0 Å². The van der Waals surface area contributed by atoms with Crippen molar-refractivity contribution in [2.45, 2.75) is 19.1 Å². The molecule has 1 unspecified atom stereocenters. The molecule has 0 aliphatic carbocycles. The first-order valence-electron chi connectivity index (χ1n) is 6.79. The molecule has 0 bridgehead atoms. The molecule has 1 N–H and O–H groups in total. The predicted molar refractivity (Wildman–Crippen MR) is 71.3 cm³/mol. The number of likely N-dealkylation sites (N-methyl/N-ethyl adjacent to an activating group) is 1. The lowest BCUT2D eigenvalue weighted by molar-refractivity contribution is -0.137. The summed E-state index contributed by atoms with van der Waals surface area (Å²) in [6.45, 7) is 3.78. The van der Waals surface area contributed by atoms with E-state index in [1.807, 2.05) is 0 Å². The quantitative estimate of drug-likeness (QED) is 0.848. The van der Waals surface area contributed by atoms with Gasteiger partial charge in [0.1, 0.15) is 6.04 Å². The summed E-state index contributed by atoms with van der Waals surface area (Å²) in [6.07, 6.45) is -3.63. The highest BCUT2D eigenvalue weighted by atomic mass is 19.4. The third-order valence-corrected chi connectivity index (χ3v) is 3.85. The van der Waals surface area contributed by atoms with Gasteiger partial charge in [-0.3, -0.25) is 4.79 Å². The van der Waals surface area contributed by atoms with Crippen LogP contribution >= 0.6 is 0 Å². The number of hydrogen-bond donors (Lipinski definition) is 1. The number of amides is 1. The molecule has 8 heteroatoms. The molecule has 1 amide bonds. The zero-order valence-electron chi connectivity index (χ0n) is 11.4. The number of pyridine rings is 1. The Labute approximate surface area is 119 Å². The van der Waals surface area contributed by atoms with Gasteiger partial charge in [0, 0.05) is 32.4 Å². The lowest BCUT2D eigenvalue weighted by Crippen LogP contribution is -2.62. The number of anilines is 2. The SMILES string of the molecule is CCN1C(=O)C2CNCCN2c2ncc(C(F)(F)F)cc21. The van der Waals surface area contributed by atoms with Gasteiger partial charge in [0.25, 0.3) is 5.91 Å². The number of aromatic nitrogens is 1. The molecule has 0 saturated carbocycles. The first-order chi connectivity index (χ1) is 9.93. The maximum Gasteiger partial charge on any atom is 0.417 e. The number of halogens is 3. The van der Waals surface area contributed by atoms with Crippen LogP contribution in [0.4, 0.5) is 24.7 Å². The summed E-state index contributed by atoms with van der Waals surface area (Å²) in [6, 6.07) is 0.623. The van der Waals surface area contributed by atoms with Crippen LogP contribution in [-0.2, 0) is 11.0 Å². The summed E-state index contributed by atoms with van der Waals surface area (Å²) in [7, 11) is 0. The van der Waals surface area contributed by atoms with Crippen LogP contribution in [0.15, 0.2) is 12.3 Å². The smallest absolute Gasteiger partial charge is 0.340 e. The number of rotatable bonds is 1. The molecule has 114 valence electrons. The van der Waals surface area contributed by atoms with E-state index < -0.39 is 17.8 Å². The lowest BCUT2D eigenvalue weighted by Gasteiger charge is -2.44. The number of hydrogen-bond acceptors (Lipinski definition) is 4. The van der Waals surface area contributed by atoms with Crippen LogP contribution in [0, 0.1) is 0 Å². The lowest BCUT2D eigenvalue weighted by atomic mass is 10.1. The maximum atomic E-state index is 12.9. The predicted octanol–water partition coefficient (Wildman–Crippen LogP) is 1.25. The van der Waals surface area contributed by atoms with E-state index in [0.717, 1.165) is 12.3 Å². The van der Waals surface area contributed by atoms with Crippen LogP contribution in [0.5, 0.6) is 0 Å². The molecule has 0 spiro atoms. The molecule has 0 aromatic carbocycles. The Hall–Kier alpha value is -1.83. The van der Waals surface area contributed by atoms with E-state index in [1.54, 1.807) is 11.8 Å². The standard InChI is InChI=1S/C13H15F3N4O/c1-2-19-9-5-8(13(14,15)16)6-18-11(9)20-4-3-17-7-10(20)12(19)21/h5-6,10,17H,2-4,7H2,1H3. The normalized spacial score (nSPS) is 22.1. The van der Waals surface area contributed by atoms with Crippen LogP contribution in [0.25, 0.3) is 0 Å². The molecule has 0 radical (unpaired) electrons. The Morgan fingerprint density at radius 1 is 1.48 bits per heavy atom. The summed E-state index contributed by atoms with van der Waals surface area (Å²) in [5.41, 5.74) is -0.587. The third kappa shape index (κ3) is 2.23. The van der Waals surface area contributed by atoms with E-state index in [-0.39, 0.29) is 11.6 Å². The fraction of sp³-hybridized carbons (Fsp3) is 0.538. The van der Waals surface area contributed by atoms with E-state index in [1.165, 1.54) is 4.90 Å². The number of nitrogens with zero attached hydrogens (tertiary/aromatic N) is 3. The molecular weight excluding hydrogens is 285 g/mol. The number of piperazine rings is 1. The van der Waals surface area contributed by atoms with Crippen LogP contribution < -0.4 is 15.1 Å². The van der Waals surface area contributed by atoms with Crippen LogP contribution in [0.3, 0.4) is 0 Å². The third-order valence-electron chi connectivity index (χ3n) is 3.85. The fourth-order valence-electron chi connectivity index (χ4n) is 2.82. The van der Waals surface area contributed by atoms with Crippen molar-refractivity contribution in [3.05, 3.63) is 17.8 Å². The number of carbonyl (C=O) groups excluding carboxylic acids is 1. The second-order valence-corrected chi connectivity index (χ2v) is 5.06. The zero-order chi connectivity index (χ0) is 15.2. The first kappa shape index (κ1) is 14.1. The number of carbonyl (C=O) groups is 1. The summed E-state index contributed by atoms with van der Waals surface area (Å²) < 4.78 is 38.6. The molecule has 1 aromatic heterocycles. The van der Waals surface area contributed by atoms with Crippen molar-refractivity contribution >= 4 is 17.4 Å². The Morgan fingerprint density at radius 2 is 2.24 bits per heavy atom. The summed E-state index contributed by atoms with van der Waals surface area (Å²) in [5.74, 6) is 0.272. The summed E-state index contributed by atoms with van der Waals surface area (Å²) in [4.78, 5) is 19.6. The second kappa shape index (κ2) is 4.87. The fourth-order valence-corrected chi connectivity index (χ4v) is 2.82. The van der Waals surface area contributed by atoms with Crippen LogP contribution in [0.1, 0.15) is 12.5 Å². The summed E-state index contributed by atoms with van der Waals surface area (Å²) >= 11 is 0. The Balaban J connectivity index is 2.11. The van der Waals surface area contributed by atoms with Crippen molar-refractivity contribution in [2.75, 3.05) is 36.0 Å². The largest absolute Gasteiger partial charge is 0.417 e. The molecule has 2 aliphatic rings. The van der Waals surface area contributed by atoms with Gasteiger partial charge in [-0.15, -0.1) is 0 Å². The molecule has 3 heterocycles. The molecule has 21 heavy (non-hydrogen) atoms. The van der Waals surface area contributed by atoms with Crippen molar-refractivity contribution in [3.63, 3.8) is 0 Å². The van der Waals surface area contributed by atoms with Gasteiger partial charge in [-0.05, 0) is 13.0 Å². The Bertz CT molecular complexity index is 575. The molecule has 1 atom stereocenters. The first-order valence-corrected chi connectivity index (χ1v) is 6.79. The molecule has 5 nitrogen and oxygen atoms in total. The van der Waals surface area contributed by atoms with E-state index in [2.05, 4.69) is 10.3 Å². The molecule has 1 saturated heterocycles. The monoisotopic (exact) mass is 300 g/mol. The number of alkyl halides is 3. The molecule has 3 rings (SSSR count). The Morgan fingerprint density at radius 3 is 2.90 bits per heavy atom. The van der Waals surface area contributed by atoms with Gasteiger partial charge in [0.15, 0.2) is 5.82 Å². The van der Waals surface area contributed by atoms with Gasteiger partial charge < -0.3 is 15.1 Å². The minimum absolute atomic E-state index is 0.182. The number of nitrogens with one attached hydrogen (secondary N) is 1. The average molecular weight is 300 g/mol. The minimum atomic E-state index is -4.47. The van der Waals surface area contributed by atoms with Crippen molar-refractivity contribution in [2.24, 2.45) is 0 Å². The zero-order valence-corrected chi connectivity index (χ0v) is 11.4. The van der Waals surface area contributed by atoms with Gasteiger partial charge in [-0.1, -0.05) is 0 Å². The van der Waals surface area contributed by atoms with E-state index in [9.17, 15) is 18.0 Å². The van der Waals surface area contributed by atoms with Gasteiger partial charge in [-0.2, -0.15) is 13.2 Å². The highest BCUT2D eigenvalue weighted by Crippen LogP contribution is 2.39. The molecule has 1 aromatic rings. The highest BCUT2D eigenvalue weighted by molar-refractivity contribution is 6.05. The van der Waals surface area contributed by atoms with Crippen molar-refractivity contribution in [3.8, 4) is 0 Å². The van der Waals surface area contributed by atoms with Crippen molar-refractivity contribution in [1.82, 2.24) is 10.3 Å². The maximum absolute atomic E-state index is 12.9. The van der Waals surface area contributed by atoms with Gasteiger partial charge >= 0.3 is 6.18 Å². The minimum Gasteiger partial charge on any atom is -0.340 e. The average Bonchev–Trinajstić information content (AvgIpc) is 2.46. The summed E-state index contributed by atoms with van der Waals surface area (Å²) in [5, 5.41) is 3.13. The van der Waals surface area contributed by atoms with E-state index >= 15 is 0 Å². The highest BCUT2D eigenvalue weighted by Gasteiger charge is 2.41. The van der Waals surface area contributed by atoms with E-state index in [4.69, 9.17) is 0 Å². The molecular formula is C13H15F3N4O.